The molecular weight excluding hydrogens is 220 g/mol. The molecule has 2 nitrogen and oxygen atoms in total. The number of aryl methyl sites for hydroxylation is 3. The number of para-hydroxylation sites is 1. The maximum Gasteiger partial charge on any atom is 0.171 e. The average molecular weight is 237 g/mol. The molecule has 0 saturated carbocycles. The maximum atomic E-state index is 3.33. The fourth-order valence-corrected chi connectivity index (χ4v) is 2.38. The molecule has 18 heavy (non-hydrogen) atoms. The molecule has 0 radical (unpaired) electrons. The van der Waals surface area contributed by atoms with Gasteiger partial charge in [-0.15, -0.1) is 0 Å². The summed E-state index contributed by atoms with van der Waals surface area (Å²) in [6.07, 6.45) is 7.50. The van der Waals surface area contributed by atoms with Gasteiger partial charge in [-0.1, -0.05) is 18.2 Å². The van der Waals surface area contributed by atoms with Crippen molar-refractivity contribution in [2.24, 2.45) is 0 Å². The van der Waals surface area contributed by atoms with Crippen LogP contribution in [0.4, 0.5) is 0 Å². The van der Waals surface area contributed by atoms with Gasteiger partial charge in [0.2, 0.25) is 0 Å². The van der Waals surface area contributed by atoms with Crippen molar-refractivity contribution in [1.82, 2.24) is 4.98 Å². The Morgan fingerprint density at radius 2 is 2.00 bits per heavy atom. The lowest BCUT2D eigenvalue weighted by atomic mass is 10.1. The van der Waals surface area contributed by atoms with Crippen LogP contribution >= 0.6 is 0 Å². The molecule has 2 heteroatoms. The van der Waals surface area contributed by atoms with Gasteiger partial charge in [0.1, 0.15) is 0 Å². The summed E-state index contributed by atoms with van der Waals surface area (Å²) in [5, 5.41) is 1.34. The number of fused-ring (bicyclic) bond motifs is 1. The first-order valence-corrected chi connectivity index (χ1v) is 6.33. The summed E-state index contributed by atoms with van der Waals surface area (Å²) in [5.74, 6) is 0. The van der Waals surface area contributed by atoms with E-state index < -0.39 is 0 Å². The van der Waals surface area contributed by atoms with E-state index in [2.05, 4.69) is 71.5 Å². The molecule has 0 saturated heterocycles. The van der Waals surface area contributed by atoms with E-state index in [-0.39, 0.29) is 0 Å². The number of nitrogens with zero attached hydrogens (tertiary/aromatic N) is 1. The Morgan fingerprint density at radius 1 is 1.11 bits per heavy atom. The molecule has 0 bridgehead atoms. The Hall–Kier alpha value is -2.09. The normalized spacial score (nSPS) is 10.9. The van der Waals surface area contributed by atoms with Crippen molar-refractivity contribution in [3.63, 3.8) is 0 Å². The summed E-state index contributed by atoms with van der Waals surface area (Å²) in [5.41, 5.74) is 3.91. The van der Waals surface area contributed by atoms with Gasteiger partial charge in [0.15, 0.2) is 18.9 Å². The van der Waals surface area contributed by atoms with Crippen LogP contribution in [0, 0.1) is 6.92 Å². The number of hydrogen-bond acceptors (Lipinski definition) is 0. The van der Waals surface area contributed by atoms with Gasteiger partial charge in [-0.25, -0.2) is 4.57 Å². The average Bonchev–Trinajstić information content (AvgIpc) is 2.80. The lowest BCUT2D eigenvalue weighted by Gasteiger charge is -1.98. The molecule has 0 unspecified atom stereocenters. The summed E-state index contributed by atoms with van der Waals surface area (Å²) in [7, 11) is 0. The van der Waals surface area contributed by atoms with Gasteiger partial charge in [-0.2, -0.15) is 0 Å². The van der Waals surface area contributed by atoms with Gasteiger partial charge in [0.25, 0.3) is 0 Å². The van der Waals surface area contributed by atoms with Crippen molar-refractivity contribution in [2.75, 3.05) is 0 Å². The van der Waals surface area contributed by atoms with Gasteiger partial charge in [-0.3, -0.25) is 0 Å². The first kappa shape index (κ1) is 11.0. The van der Waals surface area contributed by atoms with Gasteiger partial charge in [-0.05, 0) is 24.6 Å². The largest absolute Gasteiger partial charge is 0.361 e. The summed E-state index contributed by atoms with van der Waals surface area (Å²) in [6.45, 7) is 3.14. The van der Waals surface area contributed by atoms with Crippen molar-refractivity contribution in [2.45, 2.75) is 19.9 Å². The zero-order valence-electron chi connectivity index (χ0n) is 10.6. The van der Waals surface area contributed by atoms with Crippen LogP contribution in [0.2, 0.25) is 0 Å². The second-order valence-electron chi connectivity index (χ2n) is 4.73. The number of pyridine rings is 1. The molecule has 2 heterocycles. The Morgan fingerprint density at radius 3 is 2.89 bits per heavy atom. The number of rotatable bonds is 3. The fraction of sp³-hybridized carbons (Fsp3) is 0.188. The molecule has 90 valence electrons. The number of aromatic amines is 1. The van der Waals surface area contributed by atoms with Gasteiger partial charge >= 0.3 is 0 Å². The predicted octanol–water partition coefficient (Wildman–Crippen LogP) is 3.01. The van der Waals surface area contributed by atoms with E-state index in [0.29, 0.717) is 0 Å². The smallest absolute Gasteiger partial charge is 0.171 e. The molecular formula is C16H17N2+. The van der Waals surface area contributed by atoms with E-state index in [9.17, 15) is 0 Å². The van der Waals surface area contributed by atoms with Gasteiger partial charge in [0, 0.05) is 35.2 Å². The van der Waals surface area contributed by atoms with Crippen molar-refractivity contribution in [1.29, 1.82) is 0 Å². The maximum absolute atomic E-state index is 3.33. The minimum absolute atomic E-state index is 1.02. The van der Waals surface area contributed by atoms with E-state index in [0.717, 1.165) is 13.0 Å². The SMILES string of the molecule is Cc1ccc[n+](CCc2c[nH]c3ccccc23)c1. The molecule has 2 aromatic heterocycles. The summed E-state index contributed by atoms with van der Waals surface area (Å²) in [4.78, 5) is 3.33. The molecule has 1 aromatic carbocycles. The van der Waals surface area contributed by atoms with E-state index in [1.165, 1.54) is 22.0 Å². The number of aromatic nitrogens is 2. The van der Waals surface area contributed by atoms with Crippen LogP contribution in [-0.2, 0) is 13.0 Å². The van der Waals surface area contributed by atoms with Crippen molar-refractivity contribution in [3.8, 4) is 0 Å². The first-order valence-electron chi connectivity index (χ1n) is 6.33. The quantitative estimate of drug-likeness (QED) is 0.676. The van der Waals surface area contributed by atoms with Crippen molar-refractivity contribution >= 4 is 10.9 Å². The van der Waals surface area contributed by atoms with Crippen LogP contribution in [0.25, 0.3) is 10.9 Å². The number of benzene rings is 1. The van der Waals surface area contributed by atoms with E-state index in [4.69, 9.17) is 0 Å². The third kappa shape index (κ3) is 2.14. The van der Waals surface area contributed by atoms with E-state index >= 15 is 0 Å². The minimum Gasteiger partial charge on any atom is -0.361 e. The molecule has 1 N–H and O–H groups in total. The van der Waals surface area contributed by atoms with Crippen LogP contribution in [0.5, 0.6) is 0 Å². The highest BCUT2D eigenvalue weighted by atomic mass is 14.9. The van der Waals surface area contributed by atoms with E-state index in [1.54, 1.807) is 0 Å². The van der Waals surface area contributed by atoms with Crippen molar-refractivity contribution < 1.29 is 4.57 Å². The third-order valence-corrected chi connectivity index (χ3v) is 3.32. The summed E-state index contributed by atoms with van der Waals surface area (Å²) >= 11 is 0. The first-order chi connectivity index (χ1) is 8.83. The molecule has 0 spiro atoms. The highest BCUT2D eigenvalue weighted by Crippen LogP contribution is 2.17. The zero-order valence-corrected chi connectivity index (χ0v) is 10.6. The standard InChI is InChI=1S/C16H17N2/c1-13-5-4-9-18(12-13)10-8-14-11-17-16-7-3-2-6-15(14)16/h2-7,9,11-12,17H,8,10H2,1H3/q+1. The predicted molar refractivity (Wildman–Crippen MR) is 73.4 cm³/mol. The highest BCUT2D eigenvalue weighted by molar-refractivity contribution is 5.82. The summed E-state index contributed by atoms with van der Waals surface area (Å²) in [6, 6.07) is 12.7. The molecule has 0 amide bonds. The zero-order chi connectivity index (χ0) is 12.4. The molecule has 3 aromatic rings. The Bertz CT molecular complexity index is 667. The Labute approximate surface area is 107 Å². The lowest BCUT2D eigenvalue weighted by Crippen LogP contribution is -2.34. The number of H-pyrrole nitrogens is 1. The van der Waals surface area contributed by atoms with Gasteiger partial charge in [0.05, 0.1) is 0 Å². The second-order valence-corrected chi connectivity index (χ2v) is 4.73. The van der Waals surface area contributed by atoms with Crippen LogP contribution in [0.3, 0.4) is 0 Å². The summed E-state index contributed by atoms with van der Waals surface area (Å²) < 4.78 is 2.25. The van der Waals surface area contributed by atoms with Crippen LogP contribution in [0.15, 0.2) is 55.0 Å². The van der Waals surface area contributed by atoms with Crippen LogP contribution in [-0.4, -0.2) is 4.98 Å². The number of hydrogen-bond donors (Lipinski definition) is 1. The topological polar surface area (TPSA) is 19.7 Å². The fourth-order valence-electron chi connectivity index (χ4n) is 2.38. The number of nitrogens with one attached hydrogen (secondary N) is 1. The monoisotopic (exact) mass is 237 g/mol. The molecule has 0 aliphatic rings. The van der Waals surface area contributed by atoms with Gasteiger partial charge < -0.3 is 4.98 Å². The second kappa shape index (κ2) is 4.65. The molecule has 0 aliphatic heterocycles. The van der Waals surface area contributed by atoms with Crippen LogP contribution < -0.4 is 4.57 Å². The highest BCUT2D eigenvalue weighted by Gasteiger charge is 2.06. The Kier molecular flexibility index (Phi) is 2.85. The molecule has 0 aliphatic carbocycles. The third-order valence-electron chi connectivity index (χ3n) is 3.32. The lowest BCUT2D eigenvalue weighted by molar-refractivity contribution is -0.696. The van der Waals surface area contributed by atoms with E-state index in [1.807, 2.05) is 0 Å². The Balaban J connectivity index is 1.81. The van der Waals surface area contributed by atoms with Crippen LogP contribution in [0.1, 0.15) is 11.1 Å². The molecule has 3 rings (SSSR count). The molecule has 0 atom stereocenters. The molecule has 0 fully saturated rings. The minimum atomic E-state index is 1.02. The van der Waals surface area contributed by atoms with Crippen molar-refractivity contribution in [3.05, 3.63) is 66.1 Å².